The quantitative estimate of drug-likeness (QED) is 0.746. The van der Waals surface area contributed by atoms with Crippen LogP contribution in [-0.2, 0) is 0 Å². The van der Waals surface area contributed by atoms with Crippen LogP contribution in [0.1, 0.15) is 38.3 Å². The van der Waals surface area contributed by atoms with Crippen LogP contribution in [0.15, 0.2) is 30.3 Å². The van der Waals surface area contributed by atoms with E-state index in [4.69, 9.17) is 5.73 Å². The first-order valence-electron chi connectivity index (χ1n) is 5.67. The van der Waals surface area contributed by atoms with Crippen molar-refractivity contribution in [1.82, 2.24) is 0 Å². The standard InChI is InChI=1S/C13H21NS/c1-3-4-10-15-11(2)13(14)12-8-6-5-7-9-12/h5-9,11,13H,3-4,10,14H2,1-2H3. The van der Waals surface area contributed by atoms with Gasteiger partial charge in [0.05, 0.1) is 0 Å². The molecule has 15 heavy (non-hydrogen) atoms. The first-order chi connectivity index (χ1) is 7.25. The Hall–Kier alpha value is -0.470. The van der Waals surface area contributed by atoms with Gasteiger partial charge >= 0.3 is 0 Å². The molecule has 0 aliphatic rings. The van der Waals surface area contributed by atoms with Gasteiger partial charge in [0.25, 0.3) is 0 Å². The van der Waals surface area contributed by atoms with Gasteiger partial charge in [-0.05, 0) is 17.7 Å². The number of benzene rings is 1. The first kappa shape index (κ1) is 12.6. The molecular weight excluding hydrogens is 202 g/mol. The van der Waals surface area contributed by atoms with E-state index in [0.717, 1.165) is 0 Å². The largest absolute Gasteiger partial charge is 0.323 e. The maximum atomic E-state index is 6.20. The lowest BCUT2D eigenvalue weighted by molar-refractivity contribution is 0.713. The zero-order valence-corrected chi connectivity index (χ0v) is 10.5. The van der Waals surface area contributed by atoms with Gasteiger partial charge in [0.1, 0.15) is 0 Å². The van der Waals surface area contributed by atoms with Crippen molar-refractivity contribution in [3.05, 3.63) is 35.9 Å². The zero-order valence-electron chi connectivity index (χ0n) is 9.65. The molecule has 0 amide bonds. The molecule has 0 aliphatic heterocycles. The predicted octanol–water partition coefficient (Wildman–Crippen LogP) is 3.61. The fourth-order valence-electron chi connectivity index (χ4n) is 1.46. The van der Waals surface area contributed by atoms with Crippen LogP contribution in [0.3, 0.4) is 0 Å². The van der Waals surface area contributed by atoms with E-state index in [2.05, 4.69) is 38.1 Å². The average molecular weight is 223 g/mol. The molecule has 2 heteroatoms. The number of hydrogen-bond acceptors (Lipinski definition) is 2. The van der Waals surface area contributed by atoms with Gasteiger partial charge in [0.2, 0.25) is 0 Å². The molecule has 0 spiro atoms. The maximum absolute atomic E-state index is 6.20. The lowest BCUT2D eigenvalue weighted by Crippen LogP contribution is -2.21. The lowest BCUT2D eigenvalue weighted by atomic mass is 10.1. The Morgan fingerprint density at radius 1 is 1.27 bits per heavy atom. The van der Waals surface area contributed by atoms with Gasteiger partial charge in [0, 0.05) is 11.3 Å². The Bertz CT molecular complexity index is 260. The van der Waals surface area contributed by atoms with Crippen molar-refractivity contribution < 1.29 is 0 Å². The molecule has 1 nitrogen and oxygen atoms in total. The summed E-state index contributed by atoms with van der Waals surface area (Å²) in [5, 5.41) is 0.499. The van der Waals surface area contributed by atoms with Gasteiger partial charge in [-0.25, -0.2) is 0 Å². The second-order valence-electron chi connectivity index (χ2n) is 3.87. The van der Waals surface area contributed by atoms with E-state index in [-0.39, 0.29) is 6.04 Å². The van der Waals surface area contributed by atoms with Crippen LogP contribution in [0, 0.1) is 0 Å². The molecule has 1 aromatic rings. The highest BCUT2D eigenvalue weighted by Crippen LogP contribution is 2.24. The predicted molar refractivity (Wildman–Crippen MR) is 70.2 cm³/mol. The van der Waals surface area contributed by atoms with Crippen LogP contribution in [0.5, 0.6) is 0 Å². The summed E-state index contributed by atoms with van der Waals surface area (Å²) in [6.07, 6.45) is 2.55. The molecule has 1 aromatic carbocycles. The zero-order chi connectivity index (χ0) is 11.1. The Morgan fingerprint density at radius 2 is 1.93 bits per heavy atom. The smallest absolute Gasteiger partial charge is 0.0412 e. The first-order valence-corrected chi connectivity index (χ1v) is 6.72. The molecule has 1 rings (SSSR count). The summed E-state index contributed by atoms with van der Waals surface area (Å²) in [6, 6.07) is 10.5. The summed E-state index contributed by atoms with van der Waals surface area (Å²) < 4.78 is 0. The summed E-state index contributed by atoms with van der Waals surface area (Å²) in [7, 11) is 0. The molecule has 0 saturated carbocycles. The van der Waals surface area contributed by atoms with Crippen molar-refractivity contribution in [2.75, 3.05) is 5.75 Å². The Morgan fingerprint density at radius 3 is 2.53 bits per heavy atom. The van der Waals surface area contributed by atoms with Gasteiger partial charge in [-0.2, -0.15) is 11.8 Å². The summed E-state index contributed by atoms with van der Waals surface area (Å²) in [6.45, 7) is 4.44. The summed E-state index contributed by atoms with van der Waals surface area (Å²) in [5.74, 6) is 1.22. The molecule has 2 N–H and O–H groups in total. The van der Waals surface area contributed by atoms with Crippen LogP contribution < -0.4 is 5.73 Å². The van der Waals surface area contributed by atoms with Gasteiger partial charge < -0.3 is 5.73 Å². The summed E-state index contributed by atoms with van der Waals surface area (Å²) >= 11 is 1.98. The highest BCUT2D eigenvalue weighted by molar-refractivity contribution is 7.99. The van der Waals surface area contributed by atoms with E-state index in [1.165, 1.54) is 24.2 Å². The van der Waals surface area contributed by atoms with E-state index in [0.29, 0.717) is 5.25 Å². The molecule has 84 valence electrons. The van der Waals surface area contributed by atoms with Crippen molar-refractivity contribution in [3.8, 4) is 0 Å². The number of unbranched alkanes of at least 4 members (excludes halogenated alkanes) is 1. The molecule has 0 radical (unpaired) electrons. The fraction of sp³-hybridized carbons (Fsp3) is 0.538. The second-order valence-corrected chi connectivity index (χ2v) is 5.35. The number of thioether (sulfide) groups is 1. The molecule has 0 aromatic heterocycles. The summed E-state index contributed by atoms with van der Waals surface area (Å²) in [5.41, 5.74) is 7.44. The van der Waals surface area contributed by atoms with Gasteiger partial charge in [-0.3, -0.25) is 0 Å². The fourth-order valence-corrected chi connectivity index (χ4v) is 2.66. The van der Waals surface area contributed by atoms with Crippen molar-refractivity contribution in [2.24, 2.45) is 5.73 Å². The van der Waals surface area contributed by atoms with Gasteiger partial charge in [-0.1, -0.05) is 50.6 Å². The minimum atomic E-state index is 0.160. The number of rotatable bonds is 6. The van der Waals surface area contributed by atoms with Crippen molar-refractivity contribution in [2.45, 2.75) is 38.0 Å². The molecule has 0 saturated heterocycles. The number of nitrogens with two attached hydrogens (primary N) is 1. The molecule has 0 heterocycles. The van der Waals surface area contributed by atoms with E-state index >= 15 is 0 Å². The van der Waals surface area contributed by atoms with Crippen molar-refractivity contribution in [1.29, 1.82) is 0 Å². The monoisotopic (exact) mass is 223 g/mol. The lowest BCUT2D eigenvalue weighted by Gasteiger charge is -2.19. The van der Waals surface area contributed by atoms with Gasteiger partial charge in [-0.15, -0.1) is 0 Å². The van der Waals surface area contributed by atoms with Gasteiger partial charge in [0.15, 0.2) is 0 Å². The third-order valence-corrected chi connectivity index (χ3v) is 3.91. The van der Waals surface area contributed by atoms with Crippen LogP contribution in [0.25, 0.3) is 0 Å². The average Bonchev–Trinajstić information content (AvgIpc) is 2.29. The van der Waals surface area contributed by atoms with Crippen LogP contribution in [0.4, 0.5) is 0 Å². The molecule has 0 aliphatic carbocycles. The van der Waals surface area contributed by atoms with Crippen LogP contribution in [-0.4, -0.2) is 11.0 Å². The highest BCUT2D eigenvalue weighted by Gasteiger charge is 2.14. The Kier molecular flexibility index (Phi) is 5.81. The topological polar surface area (TPSA) is 26.0 Å². The normalized spacial score (nSPS) is 14.9. The minimum Gasteiger partial charge on any atom is -0.323 e. The molecule has 0 fully saturated rings. The maximum Gasteiger partial charge on any atom is 0.0412 e. The molecule has 2 atom stereocenters. The Labute approximate surface area is 97.4 Å². The van der Waals surface area contributed by atoms with Crippen molar-refractivity contribution in [3.63, 3.8) is 0 Å². The van der Waals surface area contributed by atoms with E-state index in [1.807, 2.05) is 17.8 Å². The van der Waals surface area contributed by atoms with Crippen LogP contribution in [0.2, 0.25) is 0 Å². The van der Waals surface area contributed by atoms with Crippen LogP contribution >= 0.6 is 11.8 Å². The van der Waals surface area contributed by atoms with E-state index in [9.17, 15) is 0 Å². The highest BCUT2D eigenvalue weighted by atomic mass is 32.2. The third-order valence-electron chi connectivity index (χ3n) is 2.57. The SMILES string of the molecule is CCCCSC(C)C(N)c1ccccc1. The number of hydrogen-bond donors (Lipinski definition) is 1. The second kappa shape index (κ2) is 6.91. The molecule has 2 unspecified atom stereocenters. The Balaban J connectivity index is 2.42. The third kappa shape index (κ3) is 4.27. The van der Waals surface area contributed by atoms with Crippen molar-refractivity contribution >= 4 is 11.8 Å². The minimum absolute atomic E-state index is 0.160. The van der Waals surface area contributed by atoms with E-state index in [1.54, 1.807) is 0 Å². The summed E-state index contributed by atoms with van der Waals surface area (Å²) in [4.78, 5) is 0. The molecule has 0 bridgehead atoms. The van der Waals surface area contributed by atoms with E-state index < -0.39 is 0 Å². The molecular formula is C13H21NS.